The summed E-state index contributed by atoms with van der Waals surface area (Å²) >= 11 is 0. The van der Waals surface area contributed by atoms with E-state index in [2.05, 4.69) is 26.1 Å². The van der Waals surface area contributed by atoms with Gasteiger partial charge in [0.25, 0.3) is 0 Å². The maximum absolute atomic E-state index is 3.69. The van der Waals surface area contributed by atoms with Crippen molar-refractivity contribution in [3.05, 3.63) is 0 Å². The molecule has 1 aliphatic carbocycles. The van der Waals surface area contributed by atoms with Crippen molar-refractivity contribution < 1.29 is 0 Å². The van der Waals surface area contributed by atoms with Crippen molar-refractivity contribution in [2.45, 2.75) is 77.8 Å². The van der Waals surface area contributed by atoms with Crippen molar-refractivity contribution in [2.75, 3.05) is 0 Å². The molecule has 1 aliphatic rings. The summed E-state index contributed by atoms with van der Waals surface area (Å²) < 4.78 is 0. The largest absolute Gasteiger partial charge is 0.311 e. The standard InChI is InChI=1S/C13H27N/c1-4-6-7-8-12-9-13(10-12)14-11(3)5-2/h11-14H,4-10H2,1-3H3. The second kappa shape index (κ2) is 6.44. The van der Waals surface area contributed by atoms with Gasteiger partial charge >= 0.3 is 0 Å². The monoisotopic (exact) mass is 197 g/mol. The van der Waals surface area contributed by atoms with Gasteiger partial charge in [-0.15, -0.1) is 0 Å². The van der Waals surface area contributed by atoms with Crippen LogP contribution in [0, 0.1) is 5.92 Å². The Bertz CT molecular complexity index is 138. The van der Waals surface area contributed by atoms with Crippen molar-refractivity contribution >= 4 is 0 Å². The number of nitrogens with one attached hydrogen (secondary N) is 1. The lowest BCUT2D eigenvalue weighted by Crippen LogP contribution is -2.45. The molecule has 1 fully saturated rings. The smallest absolute Gasteiger partial charge is 0.00748 e. The van der Waals surface area contributed by atoms with E-state index in [-0.39, 0.29) is 0 Å². The molecule has 0 bridgehead atoms. The molecule has 1 unspecified atom stereocenters. The second-order valence-corrected chi connectivity index (χ2v) is 5.01. The number of unbranched alkanes of at least 4 members (excludes halogenated alkanes) is 2. The zero-order valence-electron chi connectivity index (χ0n) is 10.2. The molecule has 14 heavy (non-hydrogen) atoms. The second-order valence-electron chi connectivity index (χ2n) is 5.01. The summed E-state index contributed by atoms with van der Waals surface area (Å²) in [6.07, 6.45) is 9.87. The Kier molecular flexibility index (Phi) is 5.54. The molecule has 1 rings (SSSR count). The highest BCUT2D eigenvalue weighted by molar-refractivity contribution is 4.86. The number of hydrogen-bond acceptors (Lipinski definition) is 1. The van der Waals surface area contributed by atoms with E-state index in [4.69, 9.17) is 0 Å². The van der Waals surface area contributed by atoms with E-state index in [1.54, 1.807) is 0 Å². The van der Waals surface area contributed by atoms with Crippen LogP contribution in [0.5, 0.6) is 0 Å². The Hall–Kier alpha value is -0.0400. The molecule has 0 radical (unpaired) electrons. The fraction of sp³-hybridized carbons (Fsp3) is 1.00. The fourth-order valence-corrected chi connectivity index (χ4v) is 2.31. The van der Waals surface area contributed by atoms with Gasteiger partial charge in [0.05, 0.1) is 0 Å². The summed E-state index contributed by atoms with van der Waals surface area (Å²) in [5, 5.41) is 3.69. The minimum absolute atomic E-state index is 0.719. The van der Waals surface area contributed by atoms with Crippen LogP contribution in [0.15, 0.2) is 0 Å². The van der Waals surface area contributed by atoms with Gasteiger partial charge in [-0.05, 0) is 32.1 Å². The van der Waals surface area contributed by atoms with Crippen LogP contribution in [0.1, 0.15) is 65.7 Å². The fourth-order valence-electron chi connectivity index (χ4n) is 2.31. The molecule has 0 saturated heterocycles. The zero-order valence-corrected chi connectivity index (χ0v) is 10.2. The van der Waals surface area contributed by atoms with Crippen LogP contribution in [0.3, 0.4) is 0 Å². The van der Waals surface area contributed by atoms with Crippen LogP contribution in [-0.2, 0) is 0 Å². The summed E-state index contributed by atoms with van der Waals surface area (Å²) in [7, 11) is 0. The highest BCUT2D eigenvalue weighted by atomic mass is 15.0. The Balaban J connectivity index is 1.95. The van der Waals surface area contributed by atoms with Gasteiger partial charge in [0, 0.05) is 12.1 Å². The van der Waals surface area contributed by atoms with Crippen molar-refractivity contribution in [3.8, 4) is 0 Å². The third-order valence-electron chi connectivity index (χ3n) is 3.58. The molecular formula is C13H27N. The quantitative estimate of drug-likeness (QED) is 0.613. The Morgan fingerprint density at radius 3 is 2.50 bits per heavy atom. The van der Waals surface area contributed by atoms with Gasteiger partial charge in [0.2, 0.25) is 0 Å². The van der Waals surface area contributed by atoms with E-state index in [1.165, 1.54) is 44.9 Å². The normalized spacial score (nSPS) is 28.5. The molecular weight excluding hydrogens is 170 g/mol. The lowest BCUT2D eigenvalue weighted by atomic mass is 9.77. The summed E-state index contributed by atoms with van der Waals surface area (Å²) in [4.78, 5) is 0. The Labute approximate surface area is 89.7 Å². The molecule has 84 valence electrons. The summed E-state index contributed by atoms with van der Waals surface area (Å²) in [5.74, 6) is 1.04. The summed E-state index contributed by atoms with van der Waals surface area (Å²) in [5.41, 5.74) is 0. The minimum Gasteiger partial charge on any atom is -0.311 e. The van der Waals surface area contributed by atoms with E-state index < -0.39 is 0 Å². The van der Waals surface area contributed by atoms with Crippen LogP contribution in [0.4, 0.5) is 0 Å². The van der Waals surface area contributed by atoms with Crippen LogP contribution >= 0.6 is 0 Å². The average molecular weight is 197 g/mol. The summed E-state index contributed by atoms with van der Waals surface area (Å²) in [6, 6.07) is 1.56. The number of hydrogen-bond donors (Lipinski definition) is 1. The first-order valence-corrected chi connectivity index (χ1v) is 6.52. The van der Waals surface area contributed by atoms with E-state index in [9.17, 15) is 0 Å². The topological polar surface area (TPSA) is 12.0 Å². The van der Waals surface area contributed by atoms with Crippen molar-refractivity contribution in [2.24, 2.45) is 5.92 Å². The molecule has 0 aromatic carbocycles. The maximum Gasteiger partial charge on any atom is 0.00748 e. The van der Waals surface area contributed by atoms with E-state index in [0.717, 1.165) is 18.0 Å². The first kappa shape index (κ1) is 12.0. The lowest BCUT2D eigenvalue weighted by molar-refractivity contribution is 0.192. The Morgan fingerprint density at radius 2 is 1.93 bits per heavy atom. The number of rotatable bonds is 7. The molecule has 1 atom stereocenters. The molecule has 0 aromatic heterocycles. The van der Waals surface area contributed by atoms with Crippen LogP contribution in [-0.4, -0.2) is 12.1 Å². The third kappa shape index (κ3) is 4.00. The molecule has 0 amide bonds. The van der Waals surface area contributed by atoms with Crippen LogP contribution in [0.2, 0.25) is 0 Å². The predicted octanol–water partition coefficient (Wildman–Crippen LogP) is 3.73. The first-order chi connectivity index (χ1) is 6.76. The van der Waals surface area contributed by atoms with Crippen LogP contribution < -0.4 is 5.32 Å². The van der Waals surface area contributed by atoms with E-state index in [0.29, 0.717) is 0 Å². The molecule has 0 aliphatic heterocycles. The van der Waals surface area contributed by atoms with Crippen molar-refractivity contribution in [3.63, 3.8) is 0 Å². The molecule has 1 saturated carbocycles. The highest BCUT2D eigenvalue weighted by Crippen LogP contribution is 2.32. The van der Waals surface area contributed by atoms with Gasteiger partial charge in [-0.3, -0.25) is 0 Å². The molecule has 0 heterocycles. The van der Waals surface area contributed by atoms with Gasteiger partial charge in [-0.1, -0.05) is 39.5 Å². The Morgan fingerprint density at radius 1 is 1.21 bits per heavy atom. The van der Waals surface area contributed by atoms with Gasteiger partial charge in [0.15, 0.2) is 0 Å². The molecule has 1 N–H and O–H groups in total. The lowest BCUT2D eigenvalue weighted by Gasteiger charge is -2.38. The molecule has 0 spiro atoms. The third-order valence-corrected chi connectivity index (χ3v) is 3.58. The van der Waals surface area contributed by atoms with Crippen molar-refractivity contribution in [1.82, 2.24) is 5.32 Å². The van der Waals surface area contributed by atoms with Crippen LogP contribution in [0.25, 0.3) is 0 Å². The maximum atomic E-state index is 3.69. The van der Waals surface area contributed by atoms with Gasteiger partial charge in [0.1, 0.15) is 0 Å². The minimum atomic E-state index is 0.719. The summed E-state index contributed by atoms with van der Waals surface area (Å²) in [6.45, 7) is 6.84. The molecule has 1 nitrogen and oxygen atoms in total. The van der Waals surface area contributed by atoms with Gasteiger partial charge in [-0.25, -0.2) is 0 Å². The van der Waals surface area contributed by atoms with Crippen molar-refractivity contribution in [1.29, 1.82) is 0 Å². The first-order valence-electron chi connectivity index (χ1n) is 6.52. The zero-order chi connectivity index (χ0) is 10.4. The SMILES string of the molecule is CCCCCC1CC(NC(C)CC)C1. The molecule has 1 heteroatoms. The van der Waals surface area contributed by atoms with Gasteiger partial charge in [-0.2, -0.15) is 0 Å². The molecule has 0 aromatic rings. The van der Waals surface area contributed by atoms with Gasteiger partial charge < -0.3 is 5.32 Å². The highest BCUT2D eigenvalue weighted by Gasteiger charge is 2.28. The van der Waals surface area contributed by atoms with E-state index >= 15 is 0 Å². The van der Waals surface area contributed by atoms with E-state index in [1.807, 2.05) is 0 Å². The predicted molar refractivity (Wildman–Crippen MR) is 63.5 cm³/mol. The average Bonchev–Trinajstić information content (AvgIpc) is 2.13.